The van der Waals surface area contributed by atoms with Gasteiger partial charge in [-0.1, -0.05) is 24.3 Å². The van der Waals surface area contributed by atoms with E-state index in [1.54, 1.807) is 6.92 Å². The zero-order valence-corrected chi connectivity index (χ0v) is 10.2. The van der Waals surface area contributed by atoms with Crippen molar-refractivity contribution in [3.05, 3.63) is 70.8 Å². The van der Waals surface area contributed by atoms with Gasteiger partial charge in [-0.2, -0.15) is 0 Å². The van der Waals surface area contributed by atoms with E-state index in [4.69, 9.17) is 0 Å². The Labute approximate surface area is 109 Å². The van der Waals surface area contributed by atoms with Crippen LogP contribution in [0.5, 0.6) is 0 Å². The van der Waals surface area contributed by atoms with E-state index in [-0.39, 0.29) is 5.82 Å². The summed E-state index contributed by atoms with van der Waals surface area (Å²) < 4.78 is 26.1. The van der Waals surface area contributed by atoms with Crippen molar-refractivity contribution >= 4 is 5.97 Å². The van der Waals surface area contributed by atoms with E-state index in [1.165, 1.54) is 42.5 Å². The van der Waals surface area contributed by atoms with Crippen LogP contribution >= 0.6 is 0 Å². The lowest BCUT2D eigenvalue weighted by atomic mass is 9.90. The topological polar surface area (TPSA) is 37.3 Å². The number of hydrogen-bond acceptors (Lipinski definition) is 1. The number of halogens is 2. The van der Waals surface area contributed by atoms with E-state index in [0.717, 1.165) is 0 Å². The van der Waals surface area contributed by atoms with Gasteiger partial charge in [0.05, 0.1) is 0 Å². The van der Waals surface area contributed by atoms with E-state index < -0.39 is 17.7 Å². The molecule has 2 rings (SSSR count). The molecule has 4 heteroatoms. The summed E-state index contributed by atoms with van der Waals surface area (Å²) in [4.78, 5) is 11.4. The van der Waals surface area contributed by atoms with Gasteiger partial charge in [-0.25, -0.2) is 8.78 Å². The van der Waals surface area contributed by atoms with Crippen LogP contribution in [0.15, 0.2) is 42.5 Å². The van der Waals surface area contributed by atoms with Crippen molar-refractivity contribution in [1.29, 1.82) is 0 Å². The van der Waals surface area contributed by atoms with E-state index >= 15 is 0 Å². The summed E-state index contributed by atoms with van der Waals surface area (Å²) >= 11 is 0. The SMILES string of the molecule is Cc1cc(C(C(=O)O)c2ccc(F)cc2)ccc1F. The first kappa shape index (κ1) is 13.2. The average molecular weight is 262 g/mol. The highest BCUT2D eigenvalue weighted by Gasteiger charge is 2.22. The summed E-state index contributed by atoms with van der Waals surface area (Å²) in [6.45, 7) is 1.57. The zero-order chi connectivity index (χ0) is 14.0. The molecule has 2 aromatic carbocycles. The van der Waals surface area contributed by atoms with Crippen LogP contribution in [0.4, 0.5) is 8.78 Å². The van der Waals surface area contributed by atoms with Crippen LogP contribution < -0.4 is 0 Å². The molecule has 0 bridgehead atoms. The standard InChI is InChI=1S/C15H12F2O2/c1-9-8-11(4-7-13(9)17)14(15(18)19)10-2-5-12(16)6-3-10/h2-8,14H,1H3,(H,18,19). The summed E-state index contributed by atoms with van der Waals surface area (Å²) in [5.41, 5.74) is 1.31. The highest BCUT2D eigenvalue weighted by molar-refractivity contribution is 5.80. The van der Waals surface area contributed by atoms with Crippen molar-refractivity contribution in [1.82, 2.24) is 0 Å². The Balaban J connectivity index is 2.48. The number of aliphatic carboxylic acids is 1. The molecule has 0 spiro atoms. The Kier molecular flexibility index (Phi) is 3.60. The fraction of sp³-hybridized carbons (Fsp3) is 0.133. The van der Waals surface area contributed by atoms with Gasteiger partial charge in [-0.05, 0) is 41.8 Å². The average Bonchev–Trinajstić information content (AvgIpc) is 2.36. The first-order chi connectivity index (χ1) is 8.99. The molecule has 2 aromatic rings. The third kappa shape index (κ3) is 2.78. The summed E-state index contributed by atoms with van der Waals surface area (Å²) in [5.74, 6) is -2.80. The molecular weight excluding hydrogens is 250 g/mol. The van der Waals surface area contributed by atoms with Gasteiger partial charge in [0.15, 0.2) is 0 Å². The fourth-order valence-corrected chi connectivity index (χ4v) is 1.98. The minimum Gasteiger partial charge on any atom is -0.481 e. The van der Waals surface area contributed by atoms with E-state index in [1.807, 2.05) is 0 Å². The van der Waals surface area contributed by atoms with Gasteiger partial charge >= 0.3 is 5.97 Å². The maximum absolute atomic E-state index is 13.2. The molecule has 0 amide bonds. The van der Waals surface area contributed by atoms with Crippen LogP contribution in [0.2, 0.25) is 0 Å². The van der Waals surface area contributed by atoms with Crippen LogP contribution in [-0.4, -0.2) is 11.1 Å². The van der Waals surface area contributed by atoms with Gasteiger partial charge in [0.2, 0.25) is 0 Å². The molecule has 0 radical (unpaired) electrons. The predicted octanol–water partition coefficient (Wildman–Crippen LogP) is 3.49. The Hall–Kier alpha value is -2.23. The molecule has 19 heavy (non-hydrogen) atoms. The monoisotopic (exact) mass is 262 g/mol. The molecular formula is C15H12F2O2. The Morgan fingerprint density at radius 2 is 1.63 bits per heavy atom. The Bertz CT molecular complexity index is 606. The van der Waals surface area contributed by atoms with Gasteiger partial charge in [0.25, 0.3) is 0 Å². The van der Waals surface area contributed by atoms with Gasteiger partial charge in [0, 0.05) is 0 Å². The molecule has 1 N–H and O–H groups in total. The molecule has 0 aromatic heterocycles. The van der Waals surface area contributed by atoms with E-state index in [2.05, 4.69) is 0 Å². The number of rotatable bonds is 3. The second kappa shape index (κ2) is 5.18. The highest BCUT2D eigenvalue weighted by atomic mass is 19.1. The molecule has 1 atom stereocenters. The molecule has 0 aliphatic rings. The number of benzene rings is 2. The zero-order valence-electron chi connectivity index (χ0n) is 10.2. The molecule has 0 saturated heterocycles. The van der Waals surface area contributed by atoms with Gasteiger partial charge in [0.1, 0.15) is 17.6 Å². The Morgan fingerprint density at radius 1 is 1.05 bits per heavy atom. The third-order valence-electron chi connectivity index (χ3n) is 2.97. The van der Waals surface area contributed by atoms with Crippen molar-refractivity contribution in [2.24, 2.45) is 0 Å². The van der Waals surface area contributed by atoms with Crippen molar-refractivity contribution < 1.29 is 18.7 Å². The van der Waals surface area contributed by atoms with Crippen molar-refractivity contribution in [2.75, 3.05) is 0 Å². The first-order valence-electron chi connectivity index (χ1n) is 5.73. The van der Waals surface area contributed by atoms with E-state index in [9.17, 15) is 18.7 Å². The maximum Gasteiger partial charge on any atom is 0.315 e. The molecule has 0 saturated carbocycles. The molecule has 98 valence electrons. The fourth-order valence-electron chi connectivity index (χ4n) is 1.98. The first-order valence-corrected chi connectivity index (χ1v) is 5.73. The van der Waals surface area contributed by atoms with Crippen molar-refractivity contribution in [3.63, 3.8) is 0 Å². The van der Waals surface area contributed by atoms with Crippen LogP contribution in [0.3, 0.4) is 0 Å². The smallest absolute Gasteiger partial charge is 0.315 e. The van der Waals surface area contributed by atoms with Gasteiger partial charge in [-0.3, -0.25) is 4.79 Å². The molecule has 0 aliphatic carbocycles. The minimum atomic E-state index is -1.06. The molecule has 1 unspecified atom stereocenters. The lowest BCUT2D eigenvalue weighted by molar-refractivity contribution is -0.137. The second-order valence-corrected chi connectivity index (χ2v) is 4.33. The number of aryl methyl sites for hydroxylation is 1. The largest absolute Gasteiger partial charge is 0.481 e. The summed E-state index contributed by atoms with van der Waals surface area (Å²) in [6, 6.07) is 9.44. The van der Waals surface area contributed by atoms with Crippen LogP contribution in [0.1, 0.15) is 22.6 Å². The second-order valence-electron chi connectivity index (χ2n) is 4.33. The lowest BCUT2D eigenvalue weighted by Crippen LogP contribution is -2.13. The molecule has 0 heterocycles. The van der Waals surface area contributed by atoms with Crippen molar-refractivity contribution in [2.45, 2.75) is 12.8 Å². The summed E-state index contributed by atoms with van der Waals surface area (Å²) in [6.07, 6.45) is 0. The Morgan fingerprint density at radius 3 is 2.16 bits per heavy atom. The molecule has 0 fully saturated rings. The number of carboxylic acid groups (broad SMARTS) is 1. The third-order valence-corrected chi connectivity index (χ3v) is 2.97. The van der Waals surface area contributed by atoms with Crippen LogP contribution in [0.25, 0.3) is 0 Å². The van der Waals surface area contributed by atoms with Crippen LogP contribution in [0, 0.1) is 18.6 Å². The minimum absolute atomic E-state index is 0.380. The van der Waals surface area contributed by atoms with E-state index in [0.29, 0.717) is 16.7 Å². The summed E-state index contributed by atoms with van der Waals surface area (Å²) in [5, 5.41) is 9.32. The maximum atomic E-state index is 13.2. The van der Waals surface area contributed by atoms with Gasteiger partial charge in [-0.15, -0.1) is 0 Å². The molecule has 0 aliphatic heterocycles. The van der Waals surface area contributed by atoms with Crippen molar-refractivity contribution in [3.8, 4) is 0 Å². The number of carbonyl (C=O) groups is 1. The number of carboxylic acids is 1. The van der Waals surface area contributed by atoms with Gasteiger partial charge < -0.3 is 5.11 Å². The van der Waals surface area contributed by atoms with Crippen LogP contribution in [-0.2, 0) is 4.79 Å². The lowest BCUT2D eigenvalue weighted by Gasteiger charge is -2.14. The number of hydrogen-bond donors (Lipinski definition) is 1. The normalized spacial score (nSPS) is 12.2. The predicted molar refractivity (Wildman–Crippen MR) is 67.0 cm³/mol. The molecule has 2 nitrogen and oxygen atoms in total. The summed E-state index contributed by atoms with van der Waals surface area (Å²) in [7, 11) is 0. The highest BCUT2D eigenvalue weighted by Crippen LogP contribution is 2.26. The quantitative estimate of drug-likeness (QED) is 0.919.